The molecule has 170 valence electrons. The number of furan rings is 1. The summed E-state index contributed by atoms with van der Waals surface area (Å²) in [7, 11) is 1.52. The molecular weight excluding hydrogens is 418 g/mol. The van der Waals surface area contributed by atoms with Crippen molar-refractivity contribution in [3.8, 4) is 5.75 Å². The maximum Gasteiger partial charge on any atom is 0.294 e. The van der Waals surface area contributed by atoms with Gasteiger partial charge in [-0.15, -0.1) is 0 Å². The molecule has 0 saturated carbocycles. The highest BCUT2D eigenvalue weighted by Gasteiger charge is 2.30. The van der Waals surface area contributed by atoms with E-state index < -0.39 is 0 Å². The molecule has 2 amide bonds. The number of anilines is 1. The number of carbonyl (C=O) groups excluding carboxylic acids is 2. The van der Waals surface area contributed by atoms with Gasteiger partial charge in [-0.3, -0.25) is 9.59 Å². The number of fused-ring (bicyclic) bond motifs is 1. The van der Waals surface area contributed by atoms with Gasteiger partial charge >= 0.3 is 0 Å². The first kappa shape index (κ1) is 22.3. The van der Waals surface area contributed by atoms with Gasteiger partial charge in [-0.05, 0) is 51.0 Å². The van der Waals surface area contributed by atoms with Gasteiger partial charge in [-0.2, -0.15) is 5.10 Å². The molecule has 0 spiro atoms. The van der Waals surface area contributed by atoms with E-state index in [0.717, 1.165) is 35.4 Å². The van der Waals surface area contributed by atoms with E-state index in [4.69, 9.17) is 9.15 Å². The highest BCUT2D eigenvalue weighted by Crippen LogP contribution is 2.31. The number of nitrogens with zero attached hydrogens (tertiary/aromatic N) is 2. The van der Waals surface area contributed by atoms with Crippen molar-refractivity contribution in [1.29, 1.82) is 0 Å². The summed E-state index contributed by atoms with van der Waals surface area (Å²) in [6.07, 6.45) is 2.23. The Hall–Kier alpha value is -3.87. The minimum Gasteiger partial charge on any atom is -0.496 e. The number of nitrogens with one attached hydrogen (secondary N) is 1. The molecule has 0 saturated heterocycles. The highest BCUT2D eigenvalue weighted by atomic mass is 16.5. The molecule has 1 aromatic heterocycles. The van der Waals surface area contributed by atoms with E-state index in [-0.39, 0.29) is 11.8 Å². The average Bonchev–Trinajstić information content (AvgIpc) is 3.20. The molecule has 7 nitrogen and oxygen atoms in total. The highest BCUT2D eigenvalue weighted by molar-refractivity contribution is 6.10. The van der Waals surface area contributed by atoms with Crippen LogP contribution in [0.1, 0.15) is 57.6 Å². The monoisotopic (exact) mass is 445 g/mol. The lowest BCUT2D eigenvalue weighted by molar-refractivity contribution is 0.0947. The lowest BCUT2D eigenvalue weighted by Crippen LogP contribution is -2.30. The van der Waals surface area contributed by atoms with Gasteiger partial charge in [-0.25, -0.2) is 5.43 Å². The van der Waals surface area contributed by atoms with Crippen LogP contribution in [0, 0.1) is 6.92 Å². The predicted molar refractivity (Wildman–Crippen MR) is 127 cm³/mol. The Balaban J connectivity index is 1.62. The van der Waals surface area contributed by atoms with Crippen LogP contribution in [0.2, 0.25) is 0 Å². The van der Waals surface area contributed by atoms with Crippen LogP contribution in [0.25, 0.3) is 0 Å². The minimum atomic E-state index is -0.356. The van der Waals surface area contributed by atoms with Crippen LogP contribution in [0.4, 0.5) is 5.69 Å². The number of hydrogen-bond donors (Lipinski definition) is 1. The third-order valence-corrected chi connectivity index (χ3v) is 5.79. The van der Waals surface area contributed by atoms with Crippen LogP contribution >= 0.6 is 0 Å². The Kier molecular flexibility index (Phi) is 6.58. The molecule has 1 N–H and O–H groups in total. The van der Waals surface area contributed by atoms with Gasteiger partial charge in [0.2, 0.25) is 0 Å². The van der Waals surface area contributed by atoms with Crippen LogP contribution in [-0.4, -0.2) is 31.2 Å². The second-order valence-corrected chi connectivity index (χ2v) is 7.79. The molecule has 7 heteroatoms. The Bertz CT molecular complexity index is 1200. The zero-order valence-electron chi connectivity index (χ0n) is 19.1. The second kappa shape index (κ2) is 9.73. The average molecular weight is 446 g/mol. The molecule has 1 heterocycles. The molecule has 0 atom stereocenters. The largest absolute Gasteiger partial charge is 0.496 e. The lowest BCUT2D eigenvalue weighted by atomic mass is 9.93. The van der Waals surface area contributed by atoms with E-state index in [1.54, 1.807) is 29.2 Å². The molecule has 0 fully saturated rings. The van der Waals surface area contributed by atoms with Gasteiger partial charge in [0.05, 0.1) is 18.4 Å². The van der Waals surface area contributed by atoms with Crippen molar-refractivity contribution < 1.29 is 18.7 Å². The molecule has 3 aromatic rings. The second-order valence-electron chi connectivity index (χ2n) is 7.79. The van der Waals surface area contributed by atoms with Gasteiger partial charge in [0, 0.05) is 29.8 Å². The summed E-state index contributed by atoms with van der Waals surface area (Å²) < 4.78 is 11.3. The van der Waals surface area contributed by atoms with Crippen molar-refractivity contribution >= 4 is 23.2 Å². The number of carbonyl (C=O) groups is 2. The van der Waals surface area contributed by atoms with Crippen LogP contribution in [0.15, 0.2) is 64.1 Å². The molecule has 4 rings (SSSR count). The molecule has 33 heavy (non-hydrogen) atoms. The molecular formula is C26H27N3O4. The number of benzene rings is 2. The standard InChI is InChI=1S/C26H27N3O4/c1-4-29(18-11-6-5-7-12-18)26(31)24-17(2)23-20(14-10-16-22(23)33-24)27-28-25(30)19-13-8-9-15-21(19)32-3/h5-9,11-13,15H,4,10,14,16H2,1-3H3,(H,28,30)/b27-20+. The Labute approximate surface area is 193 Å². The number of aryl methyl sites for hydroxylation is 1. The van der Waals surface area contributed by atoms with Crippen molar-refractivity contribution in [2.24, 2.45) is 5.10 Å². The van der Waals surface area contributed by atoms with Crippen molar-refractivity contribution in [2.45, 2.75) is 33.1 Å². The van der Waals surface area contributed by atoms with Crippen LogP contribution in [0.5, 0.6) is 5.75 Å². The lowest BCUT2D eigenvalue weighted by Gasteiger charge is -2.20. The number of amides is 2. The minimum absolute atomic E-state index is 0.187. The van der Waals surface area contributed by atoms with Crippen LogP contribution in [0.3, 0.4) is 0 Å². The Morgan fingerprint density at radius 2 is 1.82 bits per heavy atom. The van der Waals surface area contributed by atoms with E-state index in [0.29, 0.717) is 35.8 Å². The normalized spacial score (nSPS) is 14.0. The molecule has 0 bridgehead atoms. The third kappa shape index (κ3) is 4.39. The van der Waals surface area contributed by atoms with Crippen LogP contribution < -0.4 is 15.1 Å². The Morgan fingerprint density at radius 1 is 1.09 bits per heavy atom. The first-order valence-corrected chi connectivity index (χ1v) is 11.0. The summed E-state index contributed by atoms with van der Waals surface area (Å²) in [5.41, 5.74) is 6.13. The molecule has 0 radical (unpaired) electrons. The summed E-state index contributed by atoms with van der Waals surface area (Å²) in [5, 5.41) is 4.41. The zero-order valence-corrected chi connectivity index (χ0v) is 19.1. The zero-order chi connectivity index (χ0) is 23.4. The fourth-order valence-electron chi connectivity index (χ4n) is 4.17. The number of hydrazone groups is 1. The molecule has 0 aliphatic heterocycles. The van der Waals surface area contributed by atoms with E-state index >= 15 is 0 Å². The smallest absolute Gasteiger partial charge is 0.294 e. The van der Waals surface area contributed by atoms with Crippen molar-refractivity contribution in [2.75, 3.05) is 18.6 Å². The number of hydrogen-bond acceptors (Lipinski definition) is 5. The van der Waals surface area contributed by atoms with Crippen molar-refractivity contribution in [3.63, 3.8) is 0 Å². The molecule has 1 aliphatic carbocycles. The van der Waals surface area contributed by atoms with Gasteiger partial charge in [0.1, 0.15) is 11.5 Å². The van der Waals surface area contributed by atoms with Gasteiger partial charge in [-0.1, -0.05) is 30.3 Å². The topological polar surface area (TPSA) is 84.1 Å². The quantitative estimate of drug-likeness (QED) is 0.556. The van der Waals surface area contributed by atoms with E-state index in [9.17, 15) is 9.59 Å². The summed E-state index contributed by atoms with van der Waals surface area (Å²) in [5.74, 6) is 0.985. The van der Waals surface area contributed by atoms with Gasteiger partial charge in [0.25, 0.3) is 11.8 Å². The first-order valence-electron chi connectivity index (χ1n) is 11.0. The van der Waals surface area contributed by atoms with Crippen LogP contribution in [-0.2, 0) is 6.42 Å². The van der Waals surface area contributed by atoms with E-state index in [2.05, 4.69) is 10.5 Å². The summed E-state index contributed by atoms with van der Waals surface area (Å²) in [6, 6.07) is 16.5. The maximum absolute atomic E-state index is 13.4. The fourth-order valence-corrected chi connectivity index (χ4v) is 4.17. The van der Waals surface area contributed by atoms with Crippen molar-refractivity contribution in [3.05, 3.63) is 82.8 Å². The summed E-state index contributed by atoms with van der Waals surface area (Å²) in [4.78, 5) is 27.7. The molecule has 2 aromatic carbocycles. The van der Waals surface area contributed by atoms with Gasteiger partial charge < -0.3 is 14.1 Å². The summed E-state index contributed by atoms with van der Waals surface area (Å²) >= 11 is 0. The Morgan fingerprint density at radius 3 is 2.55 bits per heavy atom. The maximum atomic E-state index is 13.4. The van der Waals surface area contributed by atoms with Crippen molar-refractivity contribution in [1.82, 2.24) is 5.43 Å². The number of methoxy groups -OCH3 is 1. The van der Waals surface area contributed by atoms with E-state index in [1.165, 1.54) is 7.11 Å². The third-order valence-electron chi connectivity index (χ3n) is 5.79. The summed E-state index contributed by atoms with van der Waals surface area (Å²) in [6.45, 7) is 4.32. The molecule has 1 aliphatic rings. The number of para-hydroxylation sites is 2. The predicted octanol–water partition coefficient (Wildman–Crippen LogP) is 4.73. The SMILES string of the molecule is CCN(C(=O)c1oc2c(c1C)/C(=N/NC(=O)c1ccccc1OC)CCC2)c1ccccc1. The van der Waals surface area contributed by atoms with E-state index in [1.807, 2.05) is 44.2 Å². The number of ether oxygens (including phenoxy) is 1. The first-order chi connectivity index (χ1) is 16.0. The van der Waals surface area contributed by atoms with Gasteiger partial charge in [0.15, 0.2) is 5.76 Å². The fraction of sp³-hybridized carbons (Fsp3) is 0.269. The number of rotatable bonds is 6. The molecule has 0 unspecified atom stereocenters.